The number of carbonyl (C=O) groups is 2. The number of benzene rings is 3. The molecule has 142 valence electrons. The molecule has 0 saturated heterocycles. The molecule has 0 heterocycles. The van der Waals surface area contributed by atoms with Crippen LogP contribution in [0.3, 0.4) is 0 Å². The van der Waals surface area contributed by atoms with E-state index in [0.29, 0.717) is 16.8 Å². The summed E-state index contributed by atoms with van der Waals surface area (Å²) in [6.45, 7) is 2.05. The first-order chi connectivity index (χ1) is 13.5. The average molecular weight is 391 g/mol. The highest BCUT2D eigenvalue weighted by Gasteiger charge is 2.08. The first-order valence-corrected chi connectivity index (χ1v) is 9.60. The SMILES string of the molecule is CNC(=O)c1ccc(NC(=O)c2ccc(SNc3ccc(C)cc3)cc2)cc1. The molecule has 0 fully saturated rings. The van der Waals surface area contributed by atoms with E-state index >= 15 is 0 Å². The van der Waals surface area contributed by atoms with Gasteiger partial charge in [-0.25, -0.2) is 0 Å². The Hall–Kier alpha value is -3.25. The summed E-state index contributed by atoms with van der Waals surface area (Å²) in [6, 6.07) is 22.3. The Morgan fingerprint density at radius 1 is 0.714 bits per heavy atom. The van der Waals surface area contributed by atoms with Gasteiger partial charge in [-0.3, -0.25) is 9.59 Å². The number of amides is 2. The molecule has 3 rings (SSSR count). The minimum Gasteiger partial charge on any atom is -0.355 e. The van der Waals surface area contributed by atoms with Crippen LogP contribution in [0.25, 0.3) is 0 Å². The number of carbonyl (C=O) groups excluding carboxylic acids is 2. The van der Waals surface area contributed by atoms with Crippen LogP contribution >= 0.6 is 11.9 Å². The van der Waals surface area contributed by atoms with Crippen molar-refractivity contribution in [1.29, 1.82) is 0 Å². The molecule has 0 aromatic heterocycles. The highest BCUT2D eigenvalue weighted by atomic mass is 32.2. The second-order valence-corrected chi connectivity index (χ2v) is 7.08. The molecule has 0 atom stereocenters. The third kappa shape index (κ3) is 5.14. The number of nitrogens with one attached hydrogen (secondary N) is 3. The summed E-state index contributed by atoms with van der Waals surface area (Å²) in [5.74, 6) is -0.360. The molecule has 0 saturated carbocycles. The van der Waals surface area contributed by atoms with Crippen molar-refractivity contribution in [2.45, 2.75) is 11.8 Å². The molecule has 28 heavy (non-hydrogen) atoms. The van der Waals surface area contributed by atoms with Gasteiger partial charge in [-0.15, -0.1) is 0 Å². The van der Waals surface area contributed by atoms with Gasteiger partial charge >= 0.3 is 0 Å². The van der Waals surface area contributed by atoms with Crippen molar-refractivity contribution in [2.24, 2.45) is 0 Å². The number of aryl methyl sites for hydroxylation is 1. The minimum absolute atomic E-state index is 0.162. The molecule has 0 spiro atoms. The second kappa shape index (κ2) is 9.10. The van der Waals surface area contributed by atoms with Crippen LogP contribution in [0, 0.1) is 6.92 Å². The maximum Gasteiger partial charge on any atom is 0.255 e. The van der Waals surface area contributed by atoms with Crippen LogP contribution in [0.1, 0.15) is 26.3 Å². The maximum absolute atomic E-state index is 12.4. The number of hydrogen-bond donors (Lipinski definition) is 3. The van der Waals surface area contributed by atoms with Gasteiger partial charge in [0.05, 0.1) is 0 Å². The van der Waals surface area contributed by atoms with Crippen molar-refractivity contribution in [2.75, 3.05) is 17.1 Å². The van der Waals surface area contributed by atoms with Crippen molar-refractivity contribution in [3.63, 3.8) is 0 Å². The average Bonchev–Trinajstić information content (AvgIpc) is 2.73. The van der Waals surface area contributed by atoms with Gasteiger partial charge in [0.2, 0.25) is 0 Å². The van der Waals surface area contributed by atoms with Gasteiger partial charge in [0.1, 0.15) is 0 Å². The van der Waals surface area contributed by atoms with Crippen LogP contribution in [-0.2, 0) is 0 Å². The Morgan fingerprint density at radius 3 is 1.86 bits per heavy atom. The molecule has 0 radical (unpaired) electrons. The smallest absolute Gasteiger partial charge is 0.255 e. The second-order valence-electron chi connectivity index (χ2n) is 6.21. The monoisotopic (exact) mass is 391 g/mol. The molecule has 5 nitrogen and oxygen atoms in total. The fourth-order valence-corrected chi connectivity index (χ4v) is 3.11. The molecule has 3 aromatic rings. The zero-order valence-corrected chi connectivity index (χ0v) is 16.5. The normalized spacial score (nSPS) is 10.2. The molecule has 3 aromatic carbocycles. The zero-order chi connectivity index (χ0) is 19.9. The summed E-state index contributed by atoms with van der Waals surface area (Å²) in [6.07, 6.45) is 0. The fraction of sp³-hybridized carbons (Fsp3) is 0.0909. The van der Waals surface area contributed by atoms with Crippen LogP contribution in [0.5, 0.6) is 0 Å². The Balaban J connectivity index is 1.57. The van der Waals surface area contributed by atoms with Crippen LogP contribution in [0.15, 0.2) is 77.7 Å². The molecule has 6 heteroatoms. The lowest BCUT2D eigenvalue weighted by Gasteiger charge is -2.08. The van der Waals surface area contributed by atoms with E-state index in [-0.39, 0.29) is 11.8 Å². The van der Waals surface area contributed by atoms with E-state index in [1.54, 1.807) is 43.4 Å². The standard InChI is InChI=1S/C22H21N3O2S/c1-15-3-9-19(10-4-15)25-28-20-13-7-17(8-14-20)22(27)24-18-11-5-16(6-12-18)21(26)23-2/h3-14,25H,1-2H3,(H,23,26)(H,24,27). The summed E-state index contributed by atoms with van der Waals surface area (Å²) >= 11 is 1.49. The predicted octanol–water partition coefficient (Wildman–Crippen LogP) is 4.73. The number of hydrogen-bond acceptors (Lipinski definition) is 4. The van der Waals surface area contributed by atoms with Gasteiger partial charge in [-0.2, -0.15) is 0 Å². The van der Waals surface area contributed by atoms with E-state index < -0.39 is 0 Å². The molecule has 0 unspecified atom stereocenters. The van der Waals surface area contributed by atoms with E-state index in [2.05, 4.69) is 34.4 Å². The molecule has 3 N–H and O–H groups in total. The van der Waals surface area contributed by atoms with E-state index in [9.17, 15) is 9.59 Å². The van der Waals surface area contributed by atoms with E-state index in [0.717, 1.165) is 10.6 Å². The highest BCUT2D eigenvalue weighted by Crippen LogP contribution is 2.22. The zero-order valence-electron chi connectivity index (χ0n) is 15.7. The highest BCUT2D eigenvalue weighted by molar-refractivity contribution is 8.00. The van der Waals surface area contributed by atoms with Crippen molar-refractivity contribution in [3.05, 3.63) is 89.5 Å². The van der Waals surface area contributed by atoms with Gasteiger partial charge in [0.15, 0.2) is 0 Å². The summed E-state index contributed by atoms with van der Waals surface area (Å²) in [4.78, 5) is 25.0. The van der Waals surface area contributed by atoms with Gasteiger partial charge < -0.3 is 15.4 Å². The van der Waals surface area contributed by atoms with Crippen molar-refractivity contribution in [1.82, 2.24) is 5.32 Å². The van der Waals surface area contributed by atoms with Crippen LogP contribution in [-0.4, -0.2) is 18.9 Å². The third-order valence-electron chi connectivity index (χ3n) is 4.09. The fourth-order valence-electron chi connectivity index (χ4n) is 2.47. The van der Waals surface area contributed by atoms with Gasteiger partial charge in [0.25, 0.3) is 11.8 Å². The van der Waals surface area contributed by atoms with E-state index in [1.165, 1.54) is 17.5 Å². The van der Waals surface area contributed by atoms with Crippen molar-refractivity contribution in [3.8, 4) is 0 Å². The maximum atomic E-state index is 12.4. The summed E-state index contributed by atoms with van der Waals surface area (Å²) in [5.41, 5.74) is 3.99. The van der Waals surface area contributed by atoms with Gasteiger partial charge in [-0.1, -0.05) is 17.7 Å². The Labute approximate surface area is 168 Å². The van der Waals surface area contributed by atoms with E-state index in [4.69, 9.17) is 0 Å². The summed E-state index contributed by atoms with van der Waals surface area (Å²) in [7, 11) is 1.58. The quantitative estimate of drug-likeness (QED) is 0.532. The first-order valence-electron chi connectivity index (χ1n) is 8.78. The lowest BCUT2D eigenvalue weighted by atomic mass is 10.1. The number of anilines is 2. The Kier molecular flexibility index (Phi) is 6.34. The minimum atomic E-state index is -0.198. The van der Waals surface area contributed by atoms with E-state index in [1.807, 2.05) is 24.3 Å². The van der Waals surface area contributed by atoms with Crippen LogP contribution in [0.4, 0.5) is 11.4 Å². The summed E-state index contributed by atoms with van der Waals surface area (Å²) in [5, 5.41) is 5.39. The van der Waals surface area contributed by atoms with Crippen LogP contribution in [0.2, 0.25) is 0 Å². The summed E-state index contributed by atoms with van der Waals surface area (Å²) < 4.78 is 3.28. The number of rotatable bonds is 6. The third-order valence-corrected chi connectivity index (χ3v) is 4.93. The molecular weight excluding hydrogens is 370 g/mol. The molecule has 0 bridgehead atoms. The molecule has 0 aliphatic carbocycles. The Bertz CT molecular complexity index is 953. The lowest BCUT2D eigenvalue weighted by Crippen LogP contribution is -2.17. The largest absolute Gasteiger partial charge is 0.355 e. The Morgan fingerprint density at radius 2 is 1.25 bits per heavy atom. The van der Waals surface area contributed by atoms with Crippen LogP contribution < -0.4 is 15.4 Å². The molecule has 0 aliphatic heterocycles. The predicted molar refractivity (Wildman–Crippen MR) is 115 cm³/mol. The first kappa shape index (κ1) is 19.5. The molecular formula is C22H21N3O2S. The van der Waals surface area contributed by atoms with Gasteiger partial charge in [-0.05, 0) is 79.5 Å². The van der Waals surface area contributed by atoms with Crippen molar-refractivity contribution >= 4 is 35.1 Å². The van der Waals surface area contributed by atoms with Gasteiger partial charge in [0, 0.05) is 34.4 Å². The molecule has 0 aliphatic rings. The van der Waals surface area contributed by atoms with Crippen molar-refractivity contribution < 1.29 is 9.59 Å². The lowest BCUT2D eigenvalue weighted by molar-refractivity contribution is 0.0962. The molecule has 2 amide bonds. The topological polar surface area (TPSA) is 70.2 Å².